The summed E-state index contributed by atoms with van der Waals surface area (Å²) in [6.07, 6.45) is -0.496. The minimum atomic E-state index is -1.37. The van der Waals surface area contributed by atoms with Crippen LogP contribution in [0.4, 0.5) is 0 Å². The molecule has 0 aliphatic heterocycles. The van der Waals surface area contributed by atoms with Crippen LogP contribution < -0.4 is 16.4 Å². The van der Waals surface area contributed by atoms with Crippen molar-refractivity contribution in [2.75, 3.05) is 7.11 Å². The summed E-state index contributed by atoms with van der Waals surface area (Å²) in [4.78, 5) is 47.1. The lowest BCUT2D eigenvalue weighted by molar-refractivity contribution is -0.145. The van der Waals surface area contributed by atoms with E-state index < -0.39 is 48.3 Å². The van der Waals surface area contributed by atoms with E-state index in [-0.39, 0.29) is 6.42 Å². The zero-order valence-electron chi connectivity index (χ0n) is 14.6. The number of carbonyl (C=O) groups is 4. The Morgan fingerprint density at radius 3 is 2.15 bits per heavy atom. The first kappa shape index (κ1) is 21.1. The van der Waals surface area contributed by atoms with E-state index in [1.807, 2.05) is 6.07 Å². The predicted octanol–water partition coefficient (Wildman–Crippen LogP) is -0.806. The number of ether oxygens (including phenoxy) is 1. The van der Waals surface area contributed by atoms with Crippen molar-refractivity contribution < 1.29 is 29.0 Å². The van der Waals surface area contributed by atoms with E-state index in [9.17, 15) is 19.2 Å². The Balaban J connectivity index is 2.90. The summed E-state index contributed by atoms with van der Waals surface area (Å²) in [5.41, 5.74) is 6.20. The summed E-state index contributed by atoms with van der Waals surface area (Å²) in [6.45, 7) is 1.40. The van der Waals surface area contributed by atoms with Gasteiger partial charge in [-0.3, -0.25) is 14.4 Å². The lowest BCUT2D eigenvalue weighted by Crippen LogP contribution is -2.55. The molecule has 0 aromatic heterocycles. The minimum Gasteiger partial charge on any atom is -0.481 e. The second-order valence-electron chi connectivity index (χ2n) is 5.72. The van der Waals surface area contributed by atoms with Gasteiger partial charge in [0.25, 0.3) is 0 Å². The molecule has 0 spiro atoms. The molecule has 0 radical (unpaired) electrons. The lowest BCUT2D eigenvalue weighted by atomic mass is 10.0. The smallest absolute Gasteiger partial charge is 0.328 e. The van der Waals surface area contributed by atoms with Crippen LogP contribution in [0, 0.1) is 0 Å². The molecule has 0 heterocycles. The van der Waals surface area contributed by atoms with Crippen LogP contribution in [0.5, 0.6) is 0 Å². The topological polar surface area (TPSA) is 148 Å². The molecular formula is C17H23N3O6. The maximum absolute atomic E-state index is 12.4. The third-order valence-electron chi connectivity index (χ3n) is 3.51. The van der Waals surface area contributed by atoms with E-state index in [0.29, 0.717) is 0 Å². The Morgan fingerprint density at radius 1 is 1.08 bits per heavy atom. The molecule has 0 saturated heterocycles. The summed E-state index contributed by atoms with van der Waals surface area (Å²) in [5.74, 6) is -3.46. The second kappa shape index (κ2) is 10.1. The fraction of sp³-hybridized carbons (Fsp3) is 0.412. The van der Waals surface area contributed by atoms with Crippen molar-refractivity contribution >= 4 is 23.8 Å². The molecule has 0 fully saturated rings. The molecular weight excluding hydrogens is 342 g/mol. The van der Waals surface area contributed by atoms with Gasteiger partial charge in [0.2, 0.25) is 11.8 Å². The van der Waals surface area contributed by atoms with Gasteiger partial charge >= 0.3 is 11.9 Å². The molecule has 1 aromatic rings. The number of nitrogens with one attached hydrogen (secondary N) is 2. The van der Waals surface area contributed by atoms with Crippen molar-refractivity contribution in [3.8, 4) is 0 Å². The Bertz CT molecular complexity index is 647. The highest BCUT2D eigenvalue weighted by atomic mass is 16.5. The molecule has 1 unspecified atom stereocenters. The molecule has 9 nitrogen and oxygen atoms in total. The molecule has 26 heavy (non-hydrogen) atoms. The van der Waals surface area contributed by atoms with Crippen LogP contribution in [0.2, 0.25) is 0 Å². The van der Waals surface area contributed by atoms with Gasteiger partial charge in [-0.25, -0.2) is 4.79 Å². The van der Waals surface area contributed by atoms with Crippen molar-refractivity contribution in [1.82, 2.24) is 10.6 Å². The number of methoxy groups -OCH3 is 1. The van der Waals surface area contributed by atoms with Crippen molar-refractivity contribution in [2.45, 2.75) is 37.9 Å². The molecule has 1 rings (SSSR count). The van der Waals surface area contributed by atoms with E-state index in [1.165, 1.54) is 14.0 Å². The molecule has 0 aliphatic rings. The molecule has 142 valence electrons. The average Bonchev–Trinajstić information content (AvgIpc) is 2.60. The van der Waals surface area contributed by atoms with Crippen molar-refractivity contribution in [3.05, 3.63) is 35.9 Å². The van der Waals surface area contributed by atoms with Gasteiger partial charge in [0.15, 0.2) is 0 Å². The van der Waals surface area contributed by atoms with Gasteiger partial charge in [-0.1, -0.05) is 30.3 Å². The third-order valence-corrected chi connectivity index (χ3v) is 3.51. The van der Waals surface area contributed by atoms with Crippen LogP contribution in [0.15, 0.2) is 30.3 Å². The zero-order valence-corrected chi connectivity index (χ0v) is 14.6. The maximum Gasteiger partial charge on any atom is 0.328 e. The van der Waals surface area contributed by atoms with Gasteiger partial charge in [0.05, 0.1) is 19.6 Å². The first-order valence-electron chi connectivity index (χ1n) is 7.94. The summed E-state index contributed by atoms with van der Waals surface area (Å²) in [5, 5.41) is 13.7. The fourth-order valence-corrected chi connectivity index (χ4v) is 2.14. The average molecular weight is 365 g/mol. The Hall–Kier alpha value is -2.94. The van der Waals surface area contributed by atoms with Crippen LogP contribution in [-0.2, 0) is 30.3 Å². The Morgan fingerprint density at radius 2 is 1.65 bits per heavy atom. The number of esters is 1. The molecule has 5 N–H and O–H groups in total. The third kappa shape index (κ3) is 6.89. The number of hydrogen-bond acceptors (Lipinski definition) is 6. The largest absolute Gasteiger partial charge is 0.481 e. The van der Waals surface area contributed by atoms with Crippen LogP contribution in [0.25, 0.3) is 0 Å². The first-order chi connectivity index (χ1) is 12.2. The lowest BCUT2D eigenvalue weighted by Gasteiger charge is -2.22. The van der Waals surface area contributed by atoms with Crippen molar-refractivity contribution in [1.29, 1.82) is 0 Å². The normalized spacial score (nSPS) is 13.8. The molecule has 3 atom stereocenters. The van der Waals surface area contributed by atoms with Crippen molar-refractivity contribution in [2.24, 2.45) is 5.73 Å². The van der Waals surface area contributed by atoms with Crippen LogP contribution in [0.3, 0.4) is 0 Å². The zero-order chi connectivity index (χ0) is 19.7. The van der Waals surface area contributed by atoms with E-state index in [1.54, 1.807) is 24.3 Å². The monoisotopic (exact) mass is 365 g/mol. The van der Waals surface area contributed by atoms with Crippen LogP contribution >= 0.6 is 0 Å². The number of carboxylic acids is 1. The van der Waals surface area contributed by atoms with Crippen LogP contribution in [-0.4, -0.2) is 54.1 Å². The summed E-state index contributed by atoms with van der Waals surface area (Å²) >= 11 is 0. The van der Waals surface area contributed by atoms with E-state index in [2.05, 4.69) is 15.4 Å². The molecule has 9 heteroatoms. The van der Waals surface area contributed by atoms with Gasteiger partial charge in [-0.05, 0) is 12.5 Å². The molecule has 0 aliphatic carbocycles. The van der Waals surface area contributed by atoms with Gasteiger partial charge < -0.3 is 26.2 Å². The number of carboxylic acid groups (broad SMARTS) is 1. The minimum absolute atomic E-state index is 0.153. The maximum atomic E-state index is 12.4. The number of rotatable bonds is 9. The second-order valence-corrected chi connectivity index (χ2v) is 5.72. The van der Waals surface area contributed by atoms with E-state index in [0.717, 1.165) is 5.56 Å². The Labute approximate surface area is 150 Å². The standard InChI is InChI=1S/C17H23N3O6/c1-10(18)15(23)19-12(9-14(21)22)16(24)20-13(17(25)26-2)8-11-6-4-3-5-7-11/h3-7,10,12-13H,8-9,18H2,1-2H3,(H,19,23)(H,20,24)(H,21,22)/t10?,12-,13-/m0/s1. The summed E-state index contributed by atoms with van der Waals surface area (Å²) in [6, 6.07) is 5.60. The number of amides is 2. The highest BCUT2D eigenvalue weighted by Crippen LogP contribution is 2.06. The van der Waals surface area contributed by atoms with Crippen LogP contribution in [0.1, 0.15) is 18.9 Å². The molecule has 2 amide bonds. The predicted molar refractivity (Wildman–Crippen MR) is 91.9 cm³/mol. The highest BCUT2D eigenvalue weighted by molar-refractivity contribution is 5.94. The molecule has 0 saturated carbocycles. The first-order valence-corrected chi connectivity index (χ1v) is 7.94. The van der Waals surface area contributed by atoms with Gasteiger partial charge in [-0.15, -0.1) is 0 Å². The van der Waals surface area contributed by atoms with Gasteiger partial charge in [-0.2, -0.15) is 0 Å². The SMILES string of the molecule is COC(=O)[C@H](Cc1ccccc1)NC(=O)[C@H](CC(=O)O)NC(=O)C(C)N. The quantitative estimate of drug-likeness (QED) is 0.418. The summed E-state index contributed by atoms with van der Waals surface area (Å²) in [7, 11) is 1.18. The number of nitrogens with two attached hydrogens (primary N) is 1. The number of carbonyl (C=O) groups excluding carboxylic acids is 3. The number of hydrogen-bond donors (Lipinski definition) is 4. The Kier molecular flexibility index (Phi) is 8.23. The highest BCUT2D eigenvalue weighted by Gasteiger charge is 2.29. The molecule has 1 aromatic carbocycles. The summed E-state index contributed by atoms with van der Waals surface area (Å²) < 4.78 is 4.69. The van der Waals surface area contributed by atoms with Gasteiger partial charge in [0, 0.05) is 6.42 Å². The van der Waals surface area contributed by atoms with E-state index >= 15 is 0 Å². The molecule has 0 bridgehead atoms. The van der Waals surface area contributed by atoms with Crippen molar-refractivity contribution in [3.63, 3.8) is 0 Å². The fourth-order valence-electron chi connectivity index (χ4n) is 2.14. The van der Waals surface area contributed by atoms with Gasteiger partial charge in [0.1, 0.15) is 12.1 Å². The number of benzene rings is 1. The number of aliphatic carboxylic acids is 1. The van der Waals surface area contributed by atoms with E-state index in [4.69, 9.17) is 10.8 Å².